The first-order valence-electron chi connectivity index (χ1n) is 6.83. The van der Waals surface area contributed by atoms with Crippen molar-refractivity contribution in [2.24, 2.45) is 0 Å². The Morgan fingerprint density at radius 1 is 1.05 bits per heavy atom. The predicted molar refractivity (Wildman–Crippen MR) is 83.5 cm³/mol. The second-order valence-electron chi connectivity index (χ2n) is 4.56. The molecule has 2 aromatic rings. The summed E-state index contributed by atoms with van der Waals surface area (Å²) in [6, 6.07) is 10.2. The van der Waals surface area contributed by atoms with Gasteiger partial charge in [-0.25, -0.2) is 14.8 Å². The van der Waals surface area contributed by atoms with Gasteiger partial charge in [-0.05, 0) is 31.2 Å². The second-order valence-corrected chi connectivity index (χ2v) is 4.56. The average Bonchev–Trinajstić information content (AvgIpc) is 2.48. The van der Waals surface area contributed by atoms with Crippen LogP contribution in [0.3, 0.4) is 0 Å². The lowest BCUT2D eigenvalue weighted by Crippen LogP contribution is -2.31. The van der Waals surface area contributed by atoms with Crippen LogP contribution in [0.5, 0.6) is 0 Å². The number of hydrogen-bond donors (Lipinski definition) is 3. The van der Waals surface area contributed by atoms with Crippen molar-refractivity contribution in [3.8, 4) is 0 Å². The number of amides is 3. The molecule has 0 spiro atoms. The molecule has 2 aromatic heterocycles. The van der Waals surface area contributed by atoms with E-state index in [1.807, 2.05) is 19.1 Å². The summed E-state index contributed by atoms with van der Waals surface area (Å²) < 4.78 is 0. The molecular weight excluding hydrogens is 282 g/mol. The quantitative estimate of drug-likeness (QED) is 0.786. The van der Waals surface area contributed by atoms with Crippen LogP contribution in [0.15, 0.2) is 42.6 Å². The third-order valence-electron chi connectivity index (χ3n) is 2.70. The third kappa shape index (κ3) is 5.20. The molecule has 0 saturated carbocycles. The highest BCUT2D eigenvalue weighted by atomic mass is 16.2. The highest BCUT2D eigenvalue weighted by Crippen LogP contribution is 2.04. The van der Waals surface area contributed by atoms with Gasteiger partial charge in [0.05, 0.1) is 0 Å². The van der Waals surface area contributed by atoms with Crippen molar-refractivity contribution < 1.29 is 9.59 Å². The van der Waals surface area contributed by atoms with E-state index in [4.69, 9.17) is 0 Å². The summed E-state index contributed by atoms with van der Waals surface area (Å²) in [5, 5.41) is 7.83. The van der Waals surface area contributed by atoms with Crippen LogP contribution >= 0.6 is 0 Å². The predicted octanol–water partition coefficient (Wildman–Crippen LogP) is 1.94. The molecule has 0 aromatic carbocycles. The average molecular weight is 299 g/mol. The monoisotopic (exact) mass is 299 g/mol. The maximum atomic E-state index is 11.7. The van der Waals surface area contributed by atoms with Crippen molar-refractivity contribution in [2.75, 3.05) is 17.2 Å². The molecule has 3 amide bonds. The molecule has 0 radical (unpaired) electrons. The molecular formula is C15H17N5O2. The van der Waals surface area contributed by atoms with E-state index >= 15 is 0 Å². The molecule has 0 unspecified atom stereocenters. The van der Waals surface area contributed by atoms with Crippen molar-refractivity contribution in [3.63, 3.8) is 0 Å². The molecule has 22 heavy (non-hydrogen) atoms. The smallest absolute Gasteiger partial charge is 0.320 e. The molecule has 7 nitrogen and oxygen atoms in total. The van der Waals surface area contributed by atoms with Gasteiger partial charge in [0.25, 0.3) is 0 Å². The molecule has 0 aliphatic rings. The first-order chi connectivity index (χ1) is 10.6. The van der Waals surface area contributed by atoms with Crippen molar-refractivity contribution in [1.82, 2.24) is 15.3 Å². The Morgan fingerprint density at radius 3 is 2.59 bits per heavy atom. The van der Waals surface area contributed by atoms with Crippen LogP contribution < -0.4 is 16.0 Å². The van der Waals surface area contributed by atoms with Crippen molar-refractivity contribution >= 4 is 23.6 Å². The largest absolute Gasteiger partial charge is 0.337 e. The number of hydrogen-bond acceptors (Lipinski definition) is 4. The number of nitrogens with one attached hydrogen (secondary N) is 3. The van der Waals surface area contributed by atoms with Crippen LogP contribution in [0.2, 0.25) is 0 Å². The number of pyridine rings is 2. The van der Waals surface area contributed by atoms with Gasteiger partial charge < -0.3 is 10.6 Å². The maximum absolute atomic E-state index is 11.7. The molecule has 0 aliphatic heterocycles. The fourth-order valence-corrected chi connectivity index (χ4v) is 1.70. The lowest BCUT2D eigenvalue weighted by atomic mass is 10.3. The van der Waals surface area contributed by atoms with Gasteiger partial charge in [-0.3, -0.25) is 10.1 Å². The van der Waals surface area contributed by atoms with Crippen LogP contribution in [0, 0.1) is 6.92 Å². The normalized spacial score (nSPS) is 9.86. The van der Waals surface area contributed by atoms with Crippen LogP contribution in [0.25, 0.3) is 0 Å². The molecule has 3 N–H and O–H groups in total. The maximum Gasteiger partial charge on any atom is 0.320 e. The number of nitrogens with zero attached hydrogens (tertiary/aromatic N) is 2. The number of urea groups is 1. The van der Waals surface area contributed by atoms with Gasteiger partial charge >= 0.3 is 6.03 Å². The highest BCUT2D eigenvalue weighted by Gasteiger charge is 2.05. The lowest BCUT2D eigenvalue weighted by molar-refractivity contribution is -0.116. The minimum atomic E-state index is -0.403. The van der Waals surface area contributed by atoms with E-state index in [0.717, 1.165) is 5.69 Å². The first-order valence-corrected chi connectivity index (χ1v) is 6.83. The highest BCUT2D eigenvalue weighted by molar-refractivity contribution is 5.91. The van der Waals surface area contributed by atoms with Crippen molar-refractivity contribution in [3.05, 3.63) is 48.3 Å². The van der Waals surface area contributed by atoms with E-state index < -0.39 is 6.03 Å². The molecule has 2 rings (SSSR count). The summed E-state index contributed by atoms with van der Waals surface area (Å²) in [6.45, 7) is 2.06. The summed E-state index contributed by atoms with van der Waals surface area (Å²) in [4.78, 5) is 31.5. The zero-order valence-corrected chi connectivity index (χ0v) is 12.2. The Balaban J connectivity index is 1.69. The van der Waals surface area contributed by atoms with Crippen LogP contribution in [-0.4, -0.2) is 28.5 Å². The van der Waals surface area contributed by atoms with E-state index in [9.17, 15) is 9.59 Å². The number of carbonyl (C=O) groups is 2. The second kappa shape index (κ2) is 7.72. The van der Waals surface area contributed by atoms with Gasteiger partial charge in [-0.2, -0.15) is 0 Å². The Kier molecular flexibility index (Phi) is 5.42. The zero-order valence-electron chi connectivity index (χ0n) is 12.2. The summed E-state index contributed by atoms with van der Waals surface area (Å²) in [7, 11) is 0. The summed E-state index contributed by atoms with van der Waals surface area (Å²) in [6.07, 6.45) is 1.74. The Bertz CT molecular complexity index is 645. The SMILES string of the molecule is Cc1cccc(NC(=O)CCNC(=O)Nc2ccccn2)n1. The zero-order chi connectivity index (χ0) is 15.8. The Labute approximate surface area is 128 Å². The first kappa shape index (κ1) is 15.4. The van der Waals surface area contributed by atoms with E-state index in [-0.39, 0.29) is 18.9 Å². The molecule has 0 atom stereocenters. The minimum Gasteiger partial charge on any atom is -0.337 e. The number of rotatable bonds is 5. The number of aryl methyl sites for hydroxylation is 1. The fraction of sp³-hybridized carbons (Fsp3) is 0.200. The van der Waals surface area contributed by atoms with Gasteiger partial charge in [0.15, 0.2) is 0 Å². The van der Waals surface area contributed by atoms with Gasteiger partial charge in [-0.15, -0.1) is 0 Å². The summed E-state index contributed by atoms with van der Waals surface area (Å²) in [5.41, 5.74) is 0.825. The third-order valence-corrected chi connectivity index (χ3v) is 2.70. The summed E-state index contributed by atoms with van der Waals surface area (Å²) in [5.74, 6) is 0.743. The number of aromatic nitrogens is 2. The number of carbonyl (C=O) groups excluding carboxylic acids is 2. The standard InChI is InChI=1S/C15H17N5O2/c1-11-5-4-7-13(18-11)19-14(21)8-10-17-15(22)20-12-6-2-3-9-16-12/h2-7,9H,8,10H2,1H3,(H,18,19,21)(H2,16,17,20,22). The molecule has 114 valence electrons. The van der Waals surface area contributed by atoms with Crippen molar-refractivity contribution in [1.29, 1.82) is 0 Å². The Hall–Kier alpha value is -2.96. The molecule has 0 saturated heterocycles. The van der Waals surface area contributed by atoms with Crippen molar-refractivity contribution in [2.45, 2.75) is 13.3 Å². The molecule has 0 bridgehead atoms. The molecule has 0 aliphatic carbocycles. The van der Waals surface area contributed by atoms with Crippen LogP contribution in [0.4, 0.5) is 16.4 Å². The van der Waals surface area contributed by atoms with Gasteiger partial charge in [-0.1, -0.05) is 12.1 Å². The van der Waals surface area contributed by atoms with E-state index in [2.05, 4.69) is 25.9 Å². The fourth-order valence-electron chi connectivity index (χ4n) is 1.70. The van der Waals surface area contributed by atoms with Crippen LogP contribution in [-0.2, 0) is 4.79 Å². The molecule has 0 fully saturated rings. The minimum absolute atomic E-state index is 0.158. The van der Waals surface area contributed by atoms with E-state index in [1.54, 1.807) is 30.5 Å². The van der Waals surface area contributed by atoms with E-state index in [1.165, 1.54) is 0 Å². The van der Waals surface area contributed by atoms with Crippen LogP contribution in [0.1, 0.15) is 12.1 Å². The molecule has 2 heterocycles. The Morgan fingerprint density at radius 2 is 1.86 bits per heavy atom. The van der Waals surface area contributed by atoms with Gasteiger partial charge in [0.2, 0.25) is 5.91 Å². The lowest BCUT2D eigenvalue weighted by Gasteiger charge is -2.07. The number of anilines is 2. The van der Waals surface area contributed by atoms with Gasteiger partial charge in [0, 0.05) is 24.9 Å². The molecule has 7 heteroatoms. The summed E-state index contributed by atoms with van der Waals surface area (Å²) >= 11 is 0. The topological polar surface area (TPSA) is 96.0 Å². The van der Waals surface area contributed by atoms with E-state index in [0.29, 0.717) is 11.6 Å². The van der Waals surface area contributed by atoms with Gasteiger partial charge in [0.1, 0.15) is 11.6 Å².